The first-order chi connectivity index (χ1) is 11.8. The maximum Gasteiger partial charge on any atom is 0.243 e. The second kappa shape index (κ2) is 12.2. The average Bonchev–Trinajstić information content (AvgIpc) is 2.51. The highest BCUT2D eigenvalue weighted by Crippen LogP contribution is 2.15. The lowest BCUT2D eigenvalue weighted by Gasteiger charge is -2.23. The Labute approximate surface area is 174 Å². The number of rotatable bonds is 5. The van der Waals surface area contributed by atoms with E-state index in [-0.39, 0.29) is 36.6 Å². The van der Waals surface area contributed by atoms with Crippen molar-refractivity contribution in [3.63, 3.8) is 0 Å². The molecule has 0 bridgehead atoms. The molecule has 2 rings (SSSR count). The summed E-state index contributed by atoms with van der Waals surface area (Å²) in [5.74, 6) is -0.248. The molecule has 1 heterocycles. The van der Waals surface area contributed by atoms with Gasteiger partial charge in [-0.2, -0.15) is 0 Å². The van der Waals surface area contributed by atoms with E-state index in [2.05, 4.69) is 15.5 Å². The van der Waals surface area contributed by atoms with Gasteiger partial charge in [0.05, 0.1) is 12.1 Å². The number of likely N-dealkylation sites (tertiary alicyclic amines) is 1. The zero-order chi connectivity index (χ0) is 18.3. The van der Waals surface area contributed by atoms with Crippen LogP contribution in [0, 0.1) is 0 Å². The Morgan fingerprint density at radius 3 is 1.85 bits per heavy atom. The van der Waals surface area contributed by atoms with E-state index in [1.54, 1.807) is 38.1 Å². The number of amides is 2. The van der Waals surface area contributed by atoms with Crippen LogP contribution in [0.4, 0.5) is 11.4 Å². The summed E-state index contributed by atoms with van der Waals surface area (Å²) in [6.07, 6.45) is 6.15. The van der Waals surface area contributed by atoms with Crippen molar-refractivity contribution in [2.45, 2.75) is 51.5 Å². The molecule has 0 atom stereocenters. The van der Waals surface area contributed by atoms with Gasteiger partial charge in [0.2, 0.25) is 11.8 Å². The fraction of sp³-hybridized carbons (Fsp3) is 0.579. The van der Waals surface area contributed by atoms with E-state index in [1.165, 1.54) is 32.1 Å². The van der Waals surface area contributed by atoms with Crippen LogP contribution in [0.1, 0.15) is 46.0 Å². The van der Waals surface area contributed by atoms with E-state index >= 15 is 0 Å². The molecule has 4 N–H and O–H groups in total. The highest BCUT2D eigenvalue weighted by molar-refractivity contribution is 5.97. The number of carbonyl (C=O) groups is 2. The standard InChI is InChI=1S/C19H30N4O2.2ClH/c1-19(2,20)18(25)22-16-10-8-15(9-11-16)21-17(24)14-23-12-6-4-3-5-7-13-23;;/h8-11H,3-7,12-14,20H2,1-2H3,(H,21,24)(H,22,25);2*1H. The second-order valence-corrected chi connectivity index (χ2v) is 7.35. The molecule has 0 unspecified atom stereocenters. The number of carbonyl (C=O) groups excluding carboxylic acids is 2. The number of nitrogens with zero attached hydrogens (tertiary/aromatic N) is 1. The quantitative estimate of drug-likeness (QED) is 0.683. The van der Waals surface area contributed by atoms with Gasteiger partial charge in [0, 0.05) is 11.4 Å². The predicted octanol–water partition coefficient (Wildman–Crippen LogP) is 3.41. The molecule has 6 nitrogen and oxygen atoms in total. The fourth-order valence-corrected chi connectivity index (χ4v) is 2.80. The summed E-state index contributed by atoms with van der Waals surface area (Å²) < 4.78 is 0. The molecule has 0 aromatic heterocycles. The highest BCUT2D eigenvalue weighted by Gasteiger charge is 2.21. The molecule has 1 aromatic rings. The van der Waals surface area contributed by atoms with Gasteiger partial charge in [-0.3, -0.25) is 14.5 Å². The Balaban J connectivity index is 0.00000338. The Hall–Kier alpha value is -1.34. The van der Waals surface area contributed by atoms with Gasteiger partial charge < -0.3 is 16.4 Å². The number of nitrogens with one attached hydrogen (secondary N) is 2. The molecule has 1 fully saturated rings. The van der Waals surface area contributed by atoms with Crippen LogP contribution in [0.3, 0.4) is 0 Å². The topological polar surface area (TPSA) is 87.5 Å². The minimum absolute atomic E-state index is 0. The molecule has 0 saturated carbocycles. The molecular weight excluding hydrogens is 387 g/mol. The van der Waals surface area contributed by atoms with Crippen LogP contribution in [0.2, 0.25) is 0 Å². The SMILES string of the molecule is CC(C)(N)C(=O)Nc1ccc(NC(=O)CN2CCCCCCC2)cc1.Cl.Cl. The molecule has 27 heavy (non-hydrogen) atoms. The molecule has 0 spiro atoms. The van der Waals surface area contributed by atoms with Crippen molar-refractivity contribution in [1.82, 2.24) is 4.90 Å². The zero-order valence-corrected chi connectivity index (χ0v) is 17.8. The van der Waals surface area contributed by atoms with Crippen molar-refractivity contribution >= 4 is 48.0 Å². The van der Waals surface area contributed by atoms with E-state index in [4.69, 9.17) is 5.73 Å². The average molecular weight is 419 g/mol. The first-order valence-corrected chi connectivity index (χ1v) is 9.07. The van der Waals surface area contributed by atoms with Crippen LogP contribution in [0.15, 0.2) is 24.3 Å². The summed E-state index contributed by atoms with van der Waals surface area (Å²) in [6.45, 7) is 5.73. The van der Waals surface area contributed by atoms with Crippen LogP contribution in [0.5, 0.6) is 0 Å². The molecule has 0 radical (unpaired) electrons. The van der Waals surface area contributed by atoms with Crippen LogP contribution in [-0.4, -0.2) is 41.9 Å². The van der Waals surface area contributed by atoms with E-state index < -0.39 is 5.54 Å². The van der Waals surface area contributed by atoms with Crippen LogP contribution in [-0.2, 0) is 9.59 Å². The monoisotopic (exact) mass is 418 g/mol. The van der Waals surface area contributed by atoms with Crippen molar-refractivity contribution in [3.8, 4) is 0 Å². The summed E-state index contributed by atoms with van der Waals surface area (Å²) >= 11 is 0. The van der Waals surface area contributed by atoms with Gasteiger partial charge in [-0.05, 0) is 64.0 Å². The van der Waals surface area contributed by atoms with Crippen molar-refractivity contribution in [1.29, 1.82) is 0 Å². The van der Waals surface area contributed by atoms with Gasteiger partial charge in [0.15, 0.2) is 0 Å². The lowest BCUT2D eigenvalue weighted by Crippen LogP contribution is -2.45. The smallest absolute Gasteiger partial charge is 0.243 e. The van der Waals surface area contributed by atoms with Crippen LogP contribution in [0.25, 0.3) is 0 Å². The third-order valence-corrected chi connectivity index (χ3v) is 4.33. The lowest BCUT2D eigenvalue weighted by atomic mass is 10.1. The highest BCUT2D eigenvalue weighted by atomic mass is 35.5. The summed E-state index contributed by atoms with van der Waals surface area (Å²) in [7, 11) is 0. The Kier molecular flexibility index (Phi) is 11.6. The van der Waals surface area contributed by atoms with Crippen molar-refractivity contribution < 1.29 is 9.59 Å². The maximum atomic E-state index is 12.2. The first-order valence-electron chi connectivity index (χ1n) is 9.07. The van der Waals surface area contributed by atoms with Crippen molar-refractivity contribution in [2.75, 3.05) is 30.3 Å². The van der Waals surface area contributed by atoms with Crippen LogP contribution < -0.4 is 16.4 Å². The summed E-state index contributed by atoms with van der Waals surface area (Å²) in [4.78, 5) is 26.3. The lowest BCUT2D eigenvalue weighted by molar-refractivity contribution is -0.120. The molecule has 1 saturated heterocycles. The molecule has 1 aliphatic rings. The second-order valence-electron chi connectivity index (χ2n) is 7.35. The largest absolute Gasteiger partial charge is 0.325 e. The van der Waals surface area contributed by atoms with Gasteiger partial charge in [-0.15, -0.1) is 24.8 Å². The normalized spacial score (nSPS) is 15.4. The van der Waals surface area contributed by atoms with Gasteiger partial charge in [-0.1, -0.05) is 19.3 Å². The van der Waals surface area contributed by atoms with E-state index in [9.17, 15) is 9.59 Å². The number of halogens is 2. The Bertz CT molecular complexity index is 580. The minimum atomic E-state index is -0.932. The number of hydrogen-bond donors (Lipinski definition) is 3. The van der Waals surface area contributed by atoms with E-state index in [1.807, 2.05) is 0 Å². The summed E-state index contributed by atoms with van der Waals surface area (Å²) in [5.41, 5.74) is 6.21. The molecule has 0 aliphatic carbocycles. The zero-order valence-electron chi connectivity index (χ0n) is 16.1. The van der Waals surface area contributed by atoms with Crippen molar-refractivity contribution in [2.24, 2.45) is 5.73 Å². The van der Waals surface area contributed by atoms with E-state index in [0.29, 0.717) is 12.2 Å². The van der Waals surface area contributed by atoms with Crippen LogP contribution >= 0.6 is 24.8 Å². The third-order valence-electron chi connectivity index (χ3n) is 4.33. The predicted molar refractivity (Wildman–Crippen MR) is 116 cm³/mol. The number of nitrogens with two attached hydrogens (primary N) is 1. The molecular formula is C19H32Cl2N4O2. The maximum absolute atomic E-state index is 12.2. The Morgan fingerprint density at radius 2 is 1.37 bits per heavy atom. The number of anilines is 2. The number of hydrogen-bond acceptors (Lipinski definition) is 4. The molecule has 1 aromatic carbocycles. The molecule has 154 valence electrons. The van der Waals surface area contributed by atoms with Gasteiger partial charge in [0.25, 0.3) is 0 Å². The van der Waals surface area contributed by atoms with Gasteiger partial charge >= 0.3 is 0 Å². The van der Waals surface area contributed by atoms with Gasteiger partial charge in [-0.25, -0.2) is 0 Å². The van der Waals surface area contributed by atoms with E-state index in [0.717, 1.165) is 18.8 Å². The van der Waals surface area contributed by atoms with Crippen molar-refractivity contribution in [3.05, 3.63) is 24.3 Å². The Morgan fingerprint density at radius 1 is 0.926 bits per heavy atom. The molecule has 2 amide bonds. The molecule has 8 heteroatoms. The van der Waals surface area contributed by atoms with Gasteiger partial charge in [0.1, 0.15) is 0 Å². The third kappa shape index (κ3) is 9.42. The minimum Gasteiger partial charge on any atom is -0.325 e. The summed E-state index contributed by atoms with van der Waals surface area (Å²) in [6, 6.07) is 7.08. The molecule has 1 aliphatic heterocycles. The first kappa shape index (κ1) is 25.7. The number of benzene rings is 1. The summed E-state index contributed by atoms with van der Waals surface area (Å²) in [5, 5.41) is 5.67. The fourth-order valence-electron chi connectivity index (χ4n) is 2.80.